The Morgan fingerprint density at radius 3 is 2.41 bits per heavy atom. The van der Waals surface area contributed by atoms with Crippen LogP contribution in [0.1, 0.15) is 17.2 Å². The smallest absolute Gasteiger partial charge is 0.293 e. The Bertz CT molecular complexity index is 1080. The second-order valence-electron chi connectivity index (χ2n) is 7.79. The molecule has 32 heavy (non-hydrogen) atoms. The lowest BCUT2D eigenvalue weighted by molar-refractivity contribution is -0.384. The minimum absolute atomic E-state index is 0.106. The Morgan fingerprint density at radius 2 is 1.75 bits per heavy atom. The number of nitro groups is 1. The van der Waals surface area contributed by atoms with Crippen LogP contribution in [-0.4, -0.2) is 46.9 Å². The monoisotopic (exact) mass is 431 g/mol. The number of piperazine rings is 1. The van der Waals surface area contributed by atoms with Crippen molar-refractivity contribution in [3.05, 3.63) is 94.2 Å². The summed E-state index contributed by atoms with van der Waals surface area (Å²) in [6.45, 7) is 4.59. The van der Waals surface area contributed by atoms with Crippen molar-refractivity contribution in [2.45, 2.75) is 13.0 Å². The predicted molar refractivity (Wildman–Crippen MR) is 124 cm³/mol. The van der Waals surface area contributed by atoms with Crippen molar-refractivity contribution < 1.29 is 9.72 Å². The summed E-state index contributed by atoms with van der Waals surface area (Å²) in [4.78, 5) is 33.2. The molecule has 1 N–H and O–H groups in total. The van der Waals surface area contributed by atoms with Gasteiger partial charge in [-0.25, -0.2) is 4.98 Å². The van der Waals surface area contributed by atoms with Gasteiger partial charge in [-0.15, -0.1) is 0 Å². The average Bonchev–Trinajstić information content (AvgIpc) is 2.82. The van der Waals surface area contributed by atoms with Crippen molar-refractivity contribution in [1.29, 1.82) is 0 Å². The van der Waals surface area contributed by atoms with Gasteiger partial charge in [0.15, 0.2) is 0 Å². The van der Waals surface area contributed by atoms with E-state index in [0.29, 0.717) is 13.1 Å². The molecule has 2 aromatic carbocycles. The number of benzene rings is 2. The molecule has 0 radical (unpaired) electrons. The Labute approximate surface area is 186 Å². The highest BCUT2D eigenvalue weighted by Gasteiger charge is 2.32. The maximum absolute atomic E-state index is 13.4. The number of anilines is 2. The van der Waals surface area contributed by atoms with E-state index in [0.717, 1.165) is 30.0 Å². The molecule has 1 aliphatic rings. The zero-order valence-electron chi connectivity index (χ0n) is 17.8. The van der Waals surface area contributed by atoms with Crippen LogP contribution in [0.15, 0.2) is 72.9 Å². The maximum atomic E-state index is 13.4. The van der Waals surface area contributed by atoms with Crippen molar-refractivity contribution in [3.63, 3.8) is 0 Å². The van der Waals surface area contributed by atoms with Crippen LogP contribution in [0.5, 0.6) is 0 Å². The molecule has 8 nitrogen and oxygen atoms in total. The number of hydrogen-bond donors (Lipinski definition) is 1. The minimum atomic E-state index is -0.553. The molecule has 4 rings (SSSR count). The number of amides is 1. The summed E-state index contributed by atoms with van der Waals surface area (Å²) in [6, 6.07) is 19.6. The third kappa shape index (κ3) is 4.76. The van der Waals surface area contributed by atoms with Crippen LogP contribution in [0.25, 0.3) is 0 Å². The summed E-state index contributed by atoms with van der Waals surface area (Å²) in [5, 5.41) is 14.3. The topological polar surface area (TPSA) is 91.6 Å². The number of carbonyl (C=O) groups is 1. The first kappa shape index (κ1) is 21.5. The van der Waals surface area contributed by atoms with Gasteiger partial charge >= 0.3 is 0 Å². The normalized spacial score (nSPS) is 15.2. The maximum Gasteiger partial charge on any atom is 0.293 e. The number of nitrogens with one attached hydrogen (secondary N) is 1. The molecule has 0 bridgehead atoms. The summed E-state index contributed by atoms with van der Waals surface area (Å²) < 4.78 is 0. The fourth-order valence-electron chi connectivity index (χ4n) is 4.01. The second kappa shape index (κ2) is 9.57. The molecule has 0 aliphatic carbocycles. The van der Waals surface area contributed by atoms with Crippen molar-refractivity contribution in [2.24, 2.45) is 0 Å². The molecule has 1 atom stereocenters. The fraction of sp³-hybridized carbons (Fsp3) is 0.250. The number of aromatic nitrogens is 1. The summed E-state index contributed by atoms with van der Waals surface area (Å²) in [6.07, 6.45) is 1.77. The van der Waals surface area contributed by atoms with Gasteiger partial charge in [0.1, 0.15) is 17.5 Å². The molecule has 1 amide bonds. The first-order valence-electron chi connectivity index (χ1n) is 10.5. The van der Waals surface area contributed by atoms with Gasteiger partial charge in [0.25, 0.3) is 5.69 Å². The molecule has 1 aliphatic heterocycles. The molecule has 0 saturated carbocycles. The molecule has 164 valence electrons. The third-order valence-electron chi connectivity index (χ3n) is 5.62. The van der Waals surface area contributed by atoms with Crippen molar-refractivity contribution in [2.75, 3.05) is 36.4 Å². The van der Waals surface area contributed by atoms with E-state index in [1.807, 2.05) is 48.5 Å². The zero-order valence-corrected chi connectivity index (χ0v) is 17.8. The standard InChI is InChI=1S/C24H25N5O3/c1-18-10-11-20(21(17-18)29(31)32)26-24(30)23(19-7-3-2-4-8-19)28-15-13-27(14-16-28)22-9-5-6-12-25-22/h2-12,17,23H,13-16H2,1H3,(H,26,30). The van der Waals surface area contributed by atoms with Crippen LogP contribution in [0, 0.1) is 17.0 Å². The van der Waals surface area contributed by atoms with E-state index in [4.69, 9.17) is 0 Å². The highest BCUT2D eigenvalue weighted by atomic mass is 16.6. The second-order valence-corrected chi connectivity index (χ2v) is 7.79. The van der Waals surface area contributed by atoms with Gasteiger partial charge in [-0.2, -0.15) is 0 Å². The Morgan fingerprint density at radius 1 is 1.03 bits per heavy atom. The predicted octanol–water partition coefficient (Wildman–Crippen LogP) is 3.80. The fourth-order valence-corrected chi connectivity index (χ4v) is 4.01. The lowest BCUT2D eigenvalue weighted by Crippen LogP contribution is -2.50. The molecule has 1 saturated heterocycles. The van der Waals surface area contributed by atoms with E-state index >= 15 is 0 Å². The number of pyridine rings is 1. The van der Waals surface area contributed by atoms with E-state index in [1.54, 1.807) is 25.3 Å². The summed E-state index contributed by atoms with van der Waals surface area (Å²) in [5.41, 5.74) is 1.72. The molecule has 8 heteroatoms. The van der Waals surface area contributed by atoms with Gasteiger partial charge in [0.2, 0.25) is 5.91 Å². The van der Waals surface area contributed by atoms with Crippen molar-refractivity contribution in [3.8, 4) is 0 Å². The van der Waals surface area contributed by atoms with E-state index in [9.17, 15) is 14.9 Å². The zero-order chi connectivity index (χ0) is 22.5. The number of nitro benzene ring substituents is 1. The number of nitrogens with zero attached hydrogens (tertiary/aromatic N) is 4. The largest absolute Gasteiger partial charge is 0.354 e. The number of rotatable bonds is 6. The lowest BCUT2D eigenvalue weighted by atomic mass is 10.0. The molecule has 1 fully saturated rings. The number of carbonyl (C=O) groups excluding carboxylic acids is 1. The van der Waals surface area contributed by atoms with Gasteiger partial charge in [-0.3, -0.25) is 19.8 Å². The van der Waals surface area contributed by atoms with Crippen LogP contribution in [0.2, 0.25) is 0 Å². The van der Waals surface area contributed by atoms with E-state index in [-0.39, 0.29) is 17.3 Å². The van der Waals surface area contributed by atoms with Gasteiger partial charge in [-0.1, -0.05) is 42.5 Å². The number of hydrogen-bond acceptors (Lipinski definition) is 6. The highest BCUT2D eigenvalue weighted by molar-refractivity contribution is 5.97. The summed E-state index contributed by atoms with van der Waals surface area (Å²) >= 11 is 0. The Hall–Kier alpha value is -3.78. The SMILES string of the molecule is Cc1ccc(NC(=O)C(c2ccccc2)N2CCN(c3ccccn3)CC2)c([N+](=O)[O-])c1. The van der Waals surface area contributed by atoms with Crippen LogP contribution in [0.4, 0.5) is 17.2 Å². The molecule has 1 unspecified atom stereocenters. The van der Waals surface area contributed by atoms with Crippen LogP contribution < -0.4 is 10.2 Å². The lowest BCUT2D eigenvalue weighted by Gasteiger charge is -2.39. The van der Waals surface area contributed by atoms with Crippen LogP contribution >= 0.6 is 0 Å². The van der Waals surface area contributed by atoms with Crippen molar-refractivity contribution >= 4 is 23.1 Å². The van der Waals surface area contributed by atoms with Crippen molar-refractivity contribution in [1.82, 2.24) is 9.88 Å². The molecule has 2 heterocycles. The van der Waals surface area contributed by atoms with Gasteiger partial charge in [0.05, 0.1) is 4.92 Å². The minimum Gasteiger partial charge on any atom is -0.354 e. The molecule has 3 aromatic rings. The molecule has 1 aromatic heterocycles. The van der Waals surface area contributed by atoms with E-state index in [2.05, 4.69) is 20.1 Å². The summed E-state index contributed by atoms with van der Waals surface area (Å²) in [7, 11) is 0. The summed E-state index contributed by atoms with van der Waals surface area (Å²) in [5.74, 6) is 0.637. The van der Waals surface area contributed by atoms with E-state index < -0.39 is 11.0 Å². The first-order chi connectivity index (χ1) is 15.5. The molecule has 0 spiro atoms. The van der Waals surface area contributed by atoms with Crippen LogP contribution in [-0.2, 0) is 4.79 Å². The van der Waals surface area contributed by atoms with Gasteiger partial charge in [-0.05, 0) is 36.2 Å². The average molecular weight is 431 g/mol. The number of aryl methyl sites for hydroxylation is 1. The molecular formula is C24H25N5O3. The van der Waals surface area contributed by atoms with Gasteiger partial charge in [0, 0.05) is 38.4 Å². The Kier molecular flexibility index (Phi) is 6.42. The first-order valence-corrected chi connectivity index (χ1v) is 10.5. The van der Waals surface area contributed by atoms with E-state index in [1.165, 1.54) is 6.07 Å². The van der Waals surface area contributed by atoms with Crippen LogP contribution in [0.3, 0.4) is 0 Å². The third-order valence-corrected chi connectivity index (χ3v) is 5.62. The van der Waals surface area contributed by atoms with Gasteiger partial charge < -0.3 is 10.2 Å². The quantitative estimate of drug-likeness (QED) is 0.472. The Balaban J connectivity index is 1.56. The highest BCUT2D eigenvalue weighted by Crippen LogP contribution is 2.29. The molecular weight excluding hydrogens is 406 g/mol.